The fourth-order valence-electron chi connectivity index (χ4n) is 3.02. The highest BCUT2D eigenvalue weighted by molar-refractivity contribution is 6.07. The molecule has 1 aliphatic rings. The zero-order valence-electron chi connectivity index (χ0n) is 14.7. The number of carbonyl (C=O) groups excluding carboxylic acids is 2. The van der Waals surface area contributed by atoms with Gasteiger partial charge in [-0.1, -0.05) is 60.2 Å². The molecule has 1 atom stereocenters. The monoisotopic (exact) mass is 336 g/mol. The molecule has 130 valence electrons. The van der Waals surface area contributed by atoms with Crippen LogP contribution in [0.3, 0.4) is 0 Å². The van der Waals surface area contributed by atoms with Gasteiger partial charge in [0.1, 0.15) is 5.41 Å². The predicted molar refractivity (Wildman–Crippen MR) is 97.7 cm³/mol. The molecule has 0 heterocycles. The molecule has 0 bridgehead atoms. The van der Waals surface area contributed by atoms with E-state index in [1.54, 1.807) is 0 Å². The molecule has 2 N–H and O–H groups in total. The third-order valence-electron chi connectivity index (χ3n) is 4.80. The van der Waals surface area contributed by atoms with Gasteiger partial charge in [-0.25, -0.2) is 0 Å². The summed E-state index contributed by atoms with van der Waals surface area (Å²) < 4.78 is 0. The Bertz CT molecular complexity index is 766. The highest BCUT2D eigenvalue weighted by Gasteiger charge is 2.56. The van der Waals surface area contributed by atoms with E-state index in [4.69, 9.17) is 0 Å². The zero-order valence-corrected chi connectivity index (χ0v) is 14.7. The quantitative estimate of drug-likeness (QED) is 0.796. The van der Waals surface area contributed by atoms with Crippen molar-refractivity contribution in [1.29, 1.82) is 0 Å². The molecule has 0 radical (unpaired) electrons. The van der Waals surface area contributed by atoms with Gasteiger partial charge in [0.25, 0.3) is 0 Å². The number of hydrogen-bond donors (Lipinski definition) is 2. The Morgan fingerprint density at radius 1 is 1.04 bits per heavy atom. The van der Waals surface area contributed by atoms with E-state index in [2.05, 4.69) is 10.6 Å². The van der Waals surface area contributed by atoms with Crippen molar-refractivity contribution >= 4 is 11.8 Å². The van der Waals surface area contributed by atoms with Gasteiger partial charge in [-0.2, -0.15) is 0 Å². The van der Waals surface area contributed by atoms with Crippen molar-refractivity contribution < 1.29 is 9.59 Å². The third kappa shape index (κ3) is 3.90. The molecule has 4 nitrogen and oxygen atoms in total. The van der Waals surface area contributed by atoms with Crippen molar-refractivity contribution in [2.75, 3.05) is 0 Å². The van der Waals surface area contributed by atoms with Gasteiger partial charge in [-0.05, 0) is 37.8 Å². The summed E-state index contributed by atoms with van der Waals surface area (Å²) >= 11 is 0. The third-order valence-corrected chi connectivity index (χ3v) is 4.80. The first-order valence-electron chi connectivity index (χ1n) is 8.71. The Morgan fingerprint density at radius 3 is 2.40 bits per heavy atom. The Balaban J connectivity index is 1.59. The lowest BCUT2D eigenvalue weighted by Gasteiger charge is -2.20. The van der Waals surface area contributed by atoms with Gasteiger partial charge < -0.3 is 10.6 Å². The number of hydrogen-bond acceptors (Lipinski definition) is 2. The summed E-state index contributed by atoms with van der Waals surface area (Å²) in [5, 5.41) is 5.91. The highest BCUT2D eigenvalue weighted by Crippen LogP contribution is 2.46. The molecule has 1 fully saturated rings. The second-order valence-corrected chi connectivity index (χ2v) is 6.86. The van der Waals surface area contributed by atoms with Crippen LogP contribution >= 0.6 is 0 Å². The van der Waals surface area contributed by atoms with E-state index in [1.807, 2.05) is 68.4 Å². The summed E-state index contributed by atoms with van der Waals surface area (Å²) in [5.74, 6) is -0.350. The van der Waals surface area contributed by atoms with Crippen LogP contribution in [0.2, 0.25) is 0 Å². The summed E-state index contributed by atoms with van der Waals surface area (Å²) in [6, 6.07) is 17.7. The summed E-state index contributed by atoms with van der Waals surface area (Å²) in [7, 11) is 0. The van der Waals surface area contributed by atoms with E-state index in [-0.39, 0.29) is 17.9 Å². The summed E-state index contributed by atoms with van der Waals surface area (Å²) in [5.41, 5.74) is 2.34. The number of aryl methyl sites for hydroxylation is 1. The van der Waals surface area contributed by atoms with Crippen molar-refractivity contribution in [3.8, 4) is 0 Å². The first-order valence-corrected chi connectivity index (χ1v) is 8.71. The minimum atomic E-state index is -0.896. The van der Waals surface area contributed by atoms with Crippen molar-refractivity contribution in [3.05, 3.63) is 71.3 Å². The smallest absolute Gasteiger partial charge is 0.236 e. The molecule has 2 aromatic rings. The van der Waals surface area contributed by atoms with E-state index in [0.29, 0.717) is 19.4 Å². The van der Waals surface area contributed by atoms with Gasteiger partial charge in [-0.15, -0.1) is 0 Å². The van der Waals surface area contributed by atoms with Gasteiger partial charge in [-0.3, -0.25) is 9.59 Å². The van der Waals surface area contributed by atoms with Crippen LogP contribution in [-0.2, 0) is 16.1 Å². The number of nitrogens with one attached hydrogen (secondary N) is 2. The Morgan fingerprint density at radius 2 is 1.76 bits per heavy atom. The summed E-state index contributed by atoms with van der Waals surface area (Å²) in [4.78, 5) is 25.2. The van der Waals surface area contributed by atoms with E-state index in [9.17, 15) is 9.59 Å². The fourth-order valence-corrected chi connectivity index (χ4v) is 3.02. The number of rotatable bonds is 6. The largest absolute Gasteiger partial charge is 0.351 e. The van der Waals surface area contributed by atoms with E-state index < -0.39 is 5.41 Å². The van der Waals surface area contributed by atoms with Crippen LogP contribution in [0.1, 0.15) is 42.5 Å². The first-order chi connectivity index (χ1) is 12.0. The van der Waals surface area contributed by atoms with Crippen molar-refractivity contribution in [3.63, 3.8) is 0 Å². The van der Waals surface area contributed by atoms with Crippen molar-refractivity contribution in [2.45, 2.75) is 39.3 Å². The lowest BCUT2D eigenvalue weighted by atomic mass is 10.0. The number of carbonyl (C=O) groups is 2. The van der Waals surface area contributed by atoms with Crippen LogP contribution in [0.25, 0.3) is 0 Å². The topological polar surface area (TPSA) is 58.2 Å². The SMILES string of the molecule is Cc1cccc(CNC(=O)C2(C(=O)NC(C)c3ccccc3)CC2)c1. The standard InChI is InChI=1S/C21H24N2O2/c1-15-7-6-8-17(13-15)14-22-19(24)21(11-12-21)20(25)23-16(2)18-9-4-3-5-10-18/h3-10,13,16H,11-12,14H2,1-2H3,(H,22,24)(H,23,25). The summed E-state index contributed by atoms with van der Waals surface area (Å²) in [6.07, 6.45) is 1.22. The minimum Gasteiger partial charge on any atom is -0.351 e. The maximum absolute atomic E-state index is 12.6. The van der Waals surface area contributed by atoms with Gasteiger partial charge in [0.15, 0.2) is 0 Å². The Kier molecular flexibility index (Phi) is 4.88. The maximum atomic E-state index is 12.6. The zero-order chi connectivity index (χ0) is 17.9. The number of amides is 2. The van der Waals surface area contributed by atoms with Crippen LogP contribution < -0.4 is 10.6 Å². The van der Waals surface area contributed by atoms with Crippen molar-refractivity contribution in [2.24, 2.45) is 5.41 Å². The van der Waals surface area contributed by atoms with Gasteiger partial charge >= 0.3 is 0 Å². The lowest BCUT2D eigenvalue weighted by Crippen LogP contribution is -2.43. The second kappa shape index (κ2) is 7.09. The van der Waals surface area contributed by atoms with Crippen molar-refractivity contribution in [1.82, 2.24) is 10.6 Å². The molecular weight excluding hydrogens is 312 g/mol. The van der Waals surface area contributed by atoms with Crippen LogP contribution in [0.4, 0.5) is 0 Å². The Hall–Kier alpha value is -2.62. The first kappa shape index (κ1) is 17.2. The number of benzene rings is 2. The molecule has 0 aromatic heterocycles. The molecule has 0 spiro atoms. The van der Waals surface area contributed by atoms with Crippen LogP contribution in [0.5, 0.6) is 0 Å². The maximum Gasteiger partial charge on any atom is 0.236 e. The fraction of sp³-hybridized carbons (Fsp3) is 0.333. The second-order valence-electron chi connectivity index (χ2n) is 6.86. The summed E-state index contributed by atoms with van der Waals surface area (Å²) in [6.45, 7) is 4.41. The molecule has 1 unspecified atom stereocenters. The normalized spacial score (nSPS) is 15.9. The van der Waals surface area contributed by atoms with Gasteiger partial charge in [0.05, 0.1) is 6.04 Å². The highest BCUT2D eigenvalue weighted by atomic mass is 16.2. The van der Waals surface area contributed by atoms with Crippen LogP contribution in [0, 0.1) is 12.3 Å². The molecular formula is C21H24N2O2. The average Bonchev–Trinajstić information content (AvgIpc) is 3.42. The predicted octanol–water partition coefficient (Wildman–Crippen LogP) is 3.27. The molecule has 1 saturated carbocycles. The van der Waals surface area contributed by atoms with E-state index >= 15 is 0 Å². The average molecular weight is 336 g/mol. The lowest BCUT2D eigenvalue weighted by molar-refractivity contribution is -0.137. The molecule has 4 heteroatoms. The Labute approximate surface area is 148 Å². The molecule has 0 saturated heterocycles. The van der Waals surface area contributed by atoms with E-state index in [0.717, 1.165) is 16.7 Å². The molecule has 3 rings (SSSR count). The molecule has 25 heavy (non-hydrogen) atoms. The molecule has 2 amide bonds. The molecule has 0 aliphatic heterocycles. The molecule has 2 aromatic carbocycles. The van der Waals surface area contributed by atoms with Gasteiger partial charge in [0, 0.05) is 6.54 Å². The van der Waals surface area contributed by atoms with E-state index in [1.165, 1.54) is 0 Å². The molecule has 1 aliphatic carbocycles. The van der Waals surface area contributed by atoms with Crippen LogP contribution in [-0.4, -0.2) is 11.8 Å². The minimum absolute atomic E-state index is 0.115. The van der Waals surface area contributed by atoms with Gasteiger partial charge in [0.2, 0.25) is 11.8 Å². The van der Waals surface area contributed by atoms with Crippen LogP contribution in [0.15, 0.2) is 54.6 Å².